The van der Waals surface area contributed by atoms with Gasteiger partial charge in [-0.1, -0.05) is 20.8 Å². The van der Waals surface area contributed by atoms with E-state index in [4.69, 9.17) is 4.74 Å². The first kappa shape index (κ1) is 18.9. The van der Waals surface area contributed by atoms with Crippen LogP contribution in [0.3, 0.4) is 0 Å². The van der Waals surface area contributed by atoms with E-state index in [2.05, 4.69) is 41.2 Å². The molecule has 0 bridgehead atoms. The third kappa shape index (κ3) is 4.29. The van der Waals surface area contributed by atoms with Crippen LogP contribution in [-0.2, 0) is 12.5 Å². The lowest BCUT2D eigenvalue weighted by atomic mass is 9.92. The number of ether oxygens (including phenoxy) is 1. The molecule has 1 aliphatic rings. The van der Waals surface area contributed by atoms with Gasteiger partial charge in [-0.2, -0.15) is 10.1 Å². The van der Waals surface area contributed by atoms with E-state index < -0.39 is 0 Å². The van der Waals surface area contributed by atoms with Gasteiger partial charge in [0.1, 0.15) is 5.82 Å². The van der Waals surface area contributed by atoms with E-state index in [1.165, 1.54) is 0 Å². The minimum atomic E-state index is -0.121. The van der Waals surface area contributed by atoms with Gasteiger partial charge < -0.3 is 14.5 Å². The number of methoxy groups -OCH3 is 1. The number of hydrogen-bond acceptors (Lipinski definition) is 6. The molecule has 0 spiro atoms. The van der Waals surface area contributed by atoms with E-state index in [0.717, 1.165) is 5.69 Å². The fraction of sp³-hybridized carbons (Fsp3) is 0.556. The van der Waals surface area contributed by atoms with Crippen molar-refractivity contribution in [2.45, 2.75) is 26.2 Å². The average molecular weight is 373 g/mol. The Hall–Kier alpha value is -2.84. The minimum absolute atomic E-state index is 0.0664. The Bertz CT molecular complexity index is 804. The fourth-order valence-electron chi connectivity index (χ4n) is 2.85. The predicted molar refractivity (Wildman–Crippen MR) is 103 cm³/mol. The summed E-state index contributed by atoms with van der Waals surface area (Å²) in [6, 6.07) is 3.52. The molecular weight excluding hydrogens is 346 g/mol. The monoisotopic (exact) mass is 373 g/mol. The van der Waals surface area contributed by atoms with Crippen molar-refractivity contribution in [1.82, 2.24) is 24.6 Å². The van der Waals surface area contributed by atoms with E-state index >= 15 is 0 Å². The molecule has 0 aliphatic carbocycles. The fourth-order valence-corrected chi connectivity index (χ4v) is 2.85. The standard InChI is InChI=1S/C18H27N7O2/c1-18(2,3)13-12-14(23(4)22-13)20-17(26)25-10-8-24(9-11-25)16-19-7-6-15(21-16)27-5/h6-7,12H,8-11H2,1-5H3,(H,20,26). The molecule has 146 valence electrons. The summed E-state index contributed by atoms with van der Waals surface area (Å²) in [6.07, 6.45) is 1.68. The molecule has 2 aromatic heterocycles. The molecule has 3 rings (SSSR count). The highest BCUT2D eigenvalue weighted by atomic mass is 16.5. The molecule has 9 heteroatoms. The van der Waals surface area contributed by atoms with Crippen LogP contribution in [0.15, 0.2) is 18.3 Å². The van der Waals surface area contributed by atoms with E-state index in [1.54, 1.807) is 29.0 Å². The summed E-state index contributed by atoms with van der Waals surface area (Å²) >= 11 is 0. The van der Waals surface area contributed by atoms with Gasteiger partial charge in [-0.05, 0) is 0 Å². The Balaban J connectivity index is 1.59. The number of nitrogens with one attached hydrogen (secondary N) is 1. The second-order valence-corrected chi connectivity index (χ2v) is 7.59. The summed E-state index contributed by atoms with van der Waals surface area (Å²) in [4.78, 5) is 25.1. The van der Waals surface area contributed by atoms with Crippen LogP contribution in [0.2, 0.25) is 0 Å². The Kier molecular flexibility index (Phi) is 5.20. The molecule has 1 N–H and O–H groups in total. The van der Waals surface area contributed by atoms with Gasteiger partial charge in [-0.3, -0.25) is 10.00 Å². The van der Waals surface area contributed by atoms with Gasteiger partial charge in [-0.25, -0.2) is 9.78 Å². The van der Waals surface area contributed by atoms with Crippen molar-refractivity contribution in [1.29, 1.82) is 0 Å². The molecular formula is C18H27N7O2. The van der Waals surface area contributed by atoms with E-state index in [-0.39, 0.29) is 11.4 Å². The number of carbonyl (C=O) groups excluding carboxylic acids is 1. The van der Waals surface area contributed by atoms with Crippen molar-refractivity contribution in [3.8, 4) is 5.88 Å². The molecule has 1 fully saturated rings. The van der Waals surface area contributed by atoms with Gasteiger partial charge >= 0.3 is 6.03 Å². The van der Waals surface area contributed by atoms with Gasteiger partial charge in [0.25, 0.3) is 0 Å². The summed E-state index contributed by atoms with van der Waals surface area (Å²) < 4.78 is 6.86. The van der Waals surface area contributed by atoms with E-state index in [1.807, 2.05) is 18.0 Å². The predicted octanol–water partition coefficient (Wildman–Crippen LogP) is 1.87. The maximum absolute atomic E-state index is 12.6. The Labute approximate surface area is 159 Å². The number of hydrogen-bond donors (Lipinski definition) is 1. The molecule has 0 aromatic carbocycles. The highest BCUT2D eigenvalue weighted by molar-refractivity contribution is 5.88. The molecule has 0 unspecified atom stereocenters. The quantitative estimate of drug-likeness (QED) is 0.884. The van der Waals surface area contributed by atoms with E-state index in [9.17, 15) is 4.79 Å². The number of urea groups is 1. The zero-order chi connectivity index (χ0) is 19.6. The highest BCUT2D eigenvalue weighted by Gasteiger charge is 2.25. The number of carbonyl (C=O) groups is 1. The number of aromatic nitrogens is 4. The van der Waals surface area contributed by atoms with Gasteiger partial charge in [0.2, 0.25) is 11.8 Å². The van der Waals surface area contributed by atoms with Crippen LogP contribution < -0.4 is 15.0 Å². The van der Waals surface area contributed by atoms with Crippen LogP contribution in [0.1, 0.15) is 26.5 Å². The first-order valence-corrected chi connectivity index (χ1v) is 9.00. The summed E-state index contributed by atoms with van der Waals surface area (Å²) in [5, 5.41) is 7.46. The number of amides is 2. The lowest BCUT2D eigenvalue weighted by Gasteiger charge is -2.34. The topological polar surface area (TPSA) is 88.4 Å². The molecule has 9 nitrogen and oxygen atoms in total. The minimum Gasteiger partial charge on any atom is -0.481 e. The molecule has 27 heavy (non-hydrogen) atoms. The SMILES string of the molecule is COc1ccnc(N2CCN(C(=O)Nc3cc(C(C)(C)C)nn3C)CC2)n1. The van der Waals surface area contributed by atoms with Crippen molar-refractivity contribution in [3.05, 3.63) is 24.0 Å². The average Bonchev–Trinajstić information content (AvgIpc) is 3.03. The van der Waals surface area contributed by atoms with Crippen molar-refractivity contribution in [3.63, 3.8) is 0 Å². The van der Waals surface area contributed by atoms with Crippen LogP contribution in [0.5, 0.6) is 5.88 Å². The Morgan fingerprint density at radius 1 is 1.22 bits per heavy atom. The summed E-state index contributed by atoms with van der Waals surface area (Å²) in [6.45, 7) is 8.81. The molecule has 2 amide bonds. The van der Waals surface area contributed by atoms with Crippen molar-refractivity contribution in [2.24, 2.45) is 7.05 Å². The van der Waals surface area contributed by atoms with Gasteiger partial charge in [0.05, 0.1) is 12.8 Å². The smallest absolute Gasteiger partial charge is 0.323 e. The summed E-state index contributed by atoms with van der Waals surface area (Å²) in [5.41, 5.74) is 0.878. The first-order valence-electron chi connectivity index (χ1n) is 9.00. The largest absolute Gasteiger partial charge is 0.481 e. The first-order chi connectivity index (χ1) is 12.8. The number of piperazine rings is 1. The zero-order valence-electron chi connectivity index (χ0n) is 16.6. The van der Waals surface area contributed by atoms with Gasteiger partial charge in [0.15, 0.2) is 0 Å². The van der Waals surface area contributed by atoms with Gasteiger partial charge in [-0.15, -0.1) is 0 Å². The van der Waals surface area contributed by atoms with Crippen LogP contribution in [0.25, 0.3) is 0 Å². The second-order valence-electron chi connectivity index (χ2n) is 7.59. The van der Waals surface area contributed by atoms with Crippen molar-refractivity contribution < 1.29 is 9.53 Å². The molecule has 0 atom stereocenters. The molecule has 2 aromatic rings. The van der Waals surface area contributed by atoms with Crippen LogP contribution in [-0.4, -0.2) is 64.0 Å². The van der Waals surface area contributed by atoms with Crippen molar-refractivity contribution in [2.75, 3.05) is 43.5 Å². The summed E-state index contributed by atoms with van der Waals surface area (Å²) in [5.74, 6) is 1.85. The van der Waals surface area contributed by atoms with Crippen LogP contribution in [0, 0.1) is 0 Å². The highest BCUT2D eigenvalue weighted by Crippen LogP contribution is 2.23. The van der Waals surface area contributed by atoms with Crippen LogP contribution >= 0.6 is 0 Å². The van der Waals surface area contributed by atoms with Crippen molar-refractivity contribution >= 4 is 17.8 Å². The number of nitrogens with zero attached hydrogens (tertiary/aromatic N) is 6. The number of anilines is 2. The normalized spacial score (nSPS) is 15.0. The molecule has 1 saturated heterocycles. The molecule has 0 saturated carbocycles. The maximum atomic E-state index is 12.6. The van der Waals surface area contributed by atoms with Gasteiger partial charge in [0, 0.05) is 57.0 Å². The Morgan fingerprint density at radius 3 is 2.52 bits per heavy atom. The lowest BCUT2D eigenvalue weighted by molar-refractivity contribution is 0.207. The third-order valence-electron chi connectivity index (χ3n) is 4.56. The van der Waals surface area contributed by atoms with E-state index in [0.29, 0.717) is 43.8 Å². The van der Waals surface area contributed by atoms with Crippen LogP contribution in [0.4, 0.5) is 16.6 Å². The lowest BCUT2D eigenvalue weighted by Crippen LogP contribution is -2.50. The third-order valence-corrected chi connectivity index (χ3v) is 4.56. The number of rotatable bonds is 3. The zero-order valence-corrected chi connectivity index (χ0v) is 16.6. The molecule has 3 heterocycles. The summed E-state index contributed by atoms with van der Waals surface area (Å²) in [7, 11) is 3.42. The molecule has 1 aliphatic heterocycles. The number of aryl methyl sites for hydroxylation is 1. The second kappa shape index (κ2) is 7.42. The Morgan fingerprint density at radius 2 is 1.93 bits per heavy atom. The maximum Gasteiger partial charge on any atom is 0.323 e. The molecule has 0 radical (unpaired) electrons.